The normalized spacial score (nSPS) is 14.8. The summed E-state index contributed by atoms with van der Waals surface area (Å²) in [7, 11) is 0. The van der Waals surface area contributed by atoms with Crippen molar-refractivity contribution in [2.24, 2.45) is 0 Å². The smallest absolute Gasteiger partial charge is 0.0841 e. The van der Waals surface area contributed by atoms with Gasteiger partial charge in [0.05, 0.1) is 12.2 Å². The Morgan fingerprint density at radius 3 is 2.38 bits per heavy atom. The van der Waals surface area contributed by atoms with Crippen molar-refractivity contribution in [3.8, 4) is 0 Å². The summed E-state index contributed by atoms with van der Waals surface area (Å²) in [5.74, 6) is 0. The van der Waals surface area contributed by atoms with E-state index in [0.717, 1.165) is 12.0 Å². The van der Waals surface area contributed by atoms with E-state index in [1.165, 1.54) is 3.57 Å². The van der Waals surface area contributed by atoms with Gasteiger partial charge in [-0.2, -0.15) is 0 Å². The first-order valence-corrected chi connectivity index (χ1v) is 6.79. The Labute approximate surface area is 111 Å². The highest BCUT2D eigenvalue weighted by Gasteiger charge is 2.17. The molecule has 0 aliphatic heterocycles. The van der Waals surface area contributed by atoms with Gasteiger partial charge in [0.25, 0.3) is 0 Å². The minimum atomic E-state index is -0.412. The highest BCUT2D eigenvalue weighted by Crippen LogP contribution is 2.13. The quantitative estimate of drug-likeness (QED) is 0.811. The predicted molar refractivity (Wildman–Crippen MR) is 74.6 cm³/mol. The number of ether oxygens (including phenoxy) is 1. The second kappa shape index (κ2) is 7.25. The zero-order valence-electron chi connectivity index (χ0n) is 9.82. The first kappa shape index (κ1) is 13.9. The minimum absolute atomic E-state index is 0.0516. The van der Waals surface area contributed by atoms with Crippen LogP contribution in [-0.4, -0.2) is 23.9 Å². The van der Waals surface area contributed by atoms with E-state index in [-0.39, 0.29) is 6.10 Å². The van der Waals surface area contributed by atoms with Crippen molar-refractivity contribution in [3.63, 3.8) is 0 Å². The van der Waals surface area contributed by atoms with Gasteiger partial charge in [0.1, 0.15) is 0 Å². The van der Waals surface area contributed by atoms with E-state index in [1.807, 2.05) is 13.8 Å². The number of halogens is 1. The molecule has 1 rings (SSSR count). The van der Waals surface area contributed by atoms with Crippen LogP contribution in [0.1, 0.15) is 25.8 Å². The molecule has 1 N–H and O–H groups in total. The van der Waals surface area contributed by atoms with Crippen molar-refractivity contribution in [1.29, 1.82) is 0 Å². The fraction of sp³-hybridized carbons (Fsp3) is 0.538. The molecule has 0 radical (unpaired) electrons. The fourth-order valence-corrected chi connectivity index (χ4v) is 2.07. The molecule has 3 heteroatoms. The van der Waals surface area contributed by atoms with Crippen molar-refractivity contribution >= 4 is 22.6 Å². The van der Waals surface area contributed by atoms with E-state index in [1.54, 1.807) is 0 Å². The molecule has 16 heavy (non-hydrogen) atoms. The van der Waals surface area contributed by atoms with Crippen molar-refractivity contribution < 1.29 is 9.84 Å². The largest absolute Gasteiger partial charge is 0.390 e. The topological polar surface area (TPSA) is 29.5 Å². The Balaban J connectivity index is 2.55. The van der Waals surface area contributed by atoms with E-state index < -0.39 is 6.10 Å². The molecule has 0 heterocycles. The molecule has 0 fully saturated rings. The first-order valence-electron chi connectivity index (χ1n) is 5.71. The fourth-order valence-electron chi connectivity index (χ4n) is 1.71. The number of hydrogen-bond acceptors (Lipinski definition) is 2. The number of rotatable bonds is 6. The summed E-state index contributed by atoms with van der Waals surface area (Å²) in [6.45, 7) is 4.65. The number of aliphatic hydroxyl groups excluding tert-OH is 1. The molecule has 2 unspecified atom stereocenters. The average molecular weight is 334 g/mol. The van der Waals surface area contributed by atoms with Crippen LogP contribution in [-0.2, 0) is 11.2 Å². The Hall–Kier alpha value is -0.130. The number of benzene rings is 1. The van der Waals surface area contributed by atoms with Crippen molar-refractivity contribution in [2.45, 2.75) is 38.9 Å². The lowest BCUT2D eigenvalue weighted by Gasteiger charge is -2.21. The Morgan fingerprint density at radius 1 is 1.25 bits per heavy atom. The molecule has 0 saturated heterocycles. The minimum Gasteiger partial charge on any atom is -0.390 e. The molecule has 0 spiro atoms. The Morgan fingerprint density at radius 2 is 1.88 bits per heavy atom. The van der Waals surface area contributed by atoms with Crippen molar-refractivity contribution in [3.05, 3.63) is 33.4 Å². The third-order valence-corrected chi connectivity index (χ3v) is 3.29. The van der Waals surface area contributed by atoms with Gasteiger partial charge in [-0.1, -0.05) is 19.1 Å². The third kappa shape index (κ3) is 4.39. The van der Waals surface area contributed by atoms with Crippen LogP contribution >= 0.6 is 22.6 Å². The molecule has 0 aliphatic rings. The maximum absolute atomic E-state index is 10.0. The van der Waals surface area contributed by atoms with Crippen LogP contribution < -0.4 is 0 Å². The van der Waals surface area contributed by atoms with Crippen LogP contribution in [0.4, 0.5) is 0 Å². The maximum Gasteiger partial charge on any atom is 0.0841 e. The van der Waals surface area contributed by atoms with Crippen molar-refractivity contribution in [2.75, 3.05) is 6.61 Å². The zero-order chi connectivity index (χ0) is 12.0. The summed E-state index contributed by atoms with van der Waals surface area (Å²) in [6.07, 6.45) is 1.05. The van der Waals surface area contributed by atoms with Gasteiger partial charge in [-0.05, 0) is 53.6 Å². The van der Waals surface area contributed by atoms with E-state index in [9.17, 15) is 5.11 Å². The number of aliphatic hydroxyl groups is 1. The lowest BCUT2D eigenvalue weighted by molar-refractivity contribution is -0.0334. The summed E-state index contributed by atoms with van der Waals surface area (Å²) < 4.78 is 6.71. The summed E-state index contributed by atoms with van der Waals surface area (Å²) in [5, 5.41) is 10.0. The van der Waals surface area contributed by atoms with Gasteiger partial charge >= 0.3 is 0 Å². The molecule has 0 aromatic heterocycles. The highest BCUT2D eigenvalue weighted by atomic mass is 127. The Kier molecular flexibility index (Phi) is 6.31. The summed E-state index contributed by atoms with van der Waals surface area (Å²) in [5.41, 5.74) is 1.16. The first-order chi connectivity index (χ1) is 7.67. The Bertz CT molecular complexity index is 297. The van der Waals surface area contributed by atoms with Gasteiger partial charge in [-0.25, -0.2) is 0 Å². The molecule has 0 amide bonds. The molecule has 0 aliphatic carbocycles. The van der Waals surface area contributed by atoms with E-state index in [2.05, 4.69) is 46.9 Å². The predicted octanol–water partition coefficient (Wildman–Crippen LogP) is 3.01. The van der Waals surface area contributed by atoms with Crippen LogP contribution in [0.25, 0.3) is 0 Å². The molecule has 0 saturated carbocycles. The van der Waals surface area contributed by atoms with Crippen LogP contribution in [0, 0.1) is 3.57 Å². The maximum atomic E-state index is 10.0. The lowest BCUT2D eigenvalue weighted by atomic mass is 10.0. The van der Waals surface area contributed by atoms with Gasteiger partial charge in [-0.15, -0.1) is 0 Å². The average Bonchev–Trinajstić information content (AvgIpc) is 2.29. The molecule has 0 bridgehead atoms. The van der Waals surface area contributed by atoms with Crippen LogP contribution in [0.5, 0.6) is 0 Å². The van der Waals surface area contributed by atoms with Crippen LogP contribution in [0.3, 0.4) is 0 Å². The second-order valence-electron chi connectivity index (χ2n) is 3.80. The molecule has 1 aromatic carbocycles. The standard InChI is InChI=1S/C13H19IO2/c1-3-13(16-4-2)12(15)9-10-5-7-11(14)8-6-10/h5-8,12-13,15H,3-4,9H2,1-2H3. The van der Waals surface area contributed by atoms with E-state index in [0.29, 0.717) is 13.0 Å². The molecular formula is C13H19IO2. The molecular weight excluding hydrogens is 315 g/mol. The molecule has 2 atom stereocenters. The van der Waals surface area contributed by atoms with Gasteiger partial charge in [0.15, 0.2) is 0 Å². The van der Waals surface area contributed by atoms with Crippen LogP contribution in [0.2, 0.25) is 0 Å². The molecule has 1 aromatic rings. The monoisotopic (exact) mass is 334 g/mol. The second-order valence-corrected chi connectivity index (χ2v) is 5.05. The summed E-state index contributed by atoms with van der Waals surface area (Å²) in [4.78, 5) is 0. The highest BCUT2D eigenvalue weighted by molar-refractivity contribution is 14.1. The lowest BCUT2D eigenvalue weighted by Crippen LogP contribution is -2.30. The van der Waals surface area contributed by atoms with Gasteiger partial charge in [0.2, 0.25) is 0 Å². The summed E-state index contributed by atoms with van der Waals surface area (Å²) >= 11 is 2.28. The van der Waals surface area contributed by atoms with Crippen LogP contribution in [0.15, 0.2) is 24.3 Å². The zero-order valence-corrected chi connectivity index (χ0v) is 12.0. The SMILES string of the molecule is CCOC(CC)C(O)Cc1ccc(I)cc1. The van der Waals surface area contributed by atoms with Gasteiger partial charge in [0, 0.05) is 16.6 Å². The molecule has 2 nitrogen and oxygen atoms in total. The van der Waals surface area contributed by atoms with Gasteiger partial charge in [-0.3, -0.25) is 0 Å². The number of hydrogen-bond donors (Lipinski definition) is 1. The third-order valence-electron chi connectivity index (χ3n) is 2.57. The summed E-state index contributed by atoms with van der Waals surface area (Å²) in [6, 6.07) is 8.24. The van der Waals surface area contributed by atoms with Crippen molar-refractivity contribution in [1.82, 2.24) is 0 Å². The molecule has 90 valence electrons. The van der Waals surface area contributed by atoms with Gasteiger partial charge < -0.3 is 9.84 Å². The van der Waals surface area contributed by atoms with E-state index >= 15 is 0 Å². The van der Waals surface area contributed by atoms with E-state index in [4.69, 9.17) is 4.74 Å².